The van der Waals surface area contributed by atoms with Crippen LogP contribution in [0, 0.1) is 0 Å². The molecule has 11 rings (SSSR count). The Balaban J connectivity index is 1.35. The van der Waals surface area contributed by atoms with Crippen LogP contribution in [0.25, 0.3) is 109 Å². The Hall–Kier alpha value is -6.50. The summed E-state index contributed by atoms with van der Waals surface area (Å²) in [6.07, 6.45) is 0. The molecule has 0 fully saturated rings. The van der Waals surface area contributed by atoms with Gasteiger partial charge in [-0.3, -0.25) is 0 Å². The third-order valence-corrected chi connectivity index (χ3v) is 10.9. The molecule has 0 amide bonds. The minimum absolute atomic E-state index is 1.22. The van der Waals surface area contributed by atoms with Crippen molar-refractivity contribution in [2.75, 3.05) is 0 Å². The van der Waals surface area contributed by atoms with Crippen molar-refractivity contribution < 1.29 is 0 Å². The molecule has 0 aliphatic carbocycles. The lowest BCUT2D eigenvalue weighted by atomic mass is 9.87. The van der Waals surface area contributed by atoms with Gasteiger partial charge >= 0.3 is 0 Å². The van der Waals surface area contributed by atoms with E-state index in [9.17, 15) is 0 Å². The number of rotatable bonds is 4. The summed E-state index contributed by atoms with van der Waals surface area (Å²) in [7, 11) is 0. The molecular weight excluding hydrogens is 601 g/mol. The Morgan fingerprint density at radius 3 is 1.26 bits per heavy atom. The highest BCUT2D eigenvalue weighted by Gasteiger charge is 2.25. The quantitative estimate of drug-likeness (QED) is 0.181. The number of hydrogen-bond acceptors (Lipinski definition) is 0. The van der Waals surface area contributed by atoms with Crippen LogP contribution in [0.4, 0.5) is 0 Å². The van der Waals surface area contributed by atoms with Gasteiger partial charge in [0.05, 0.1) is 0 Å². The van der Waals surface area contributed by atoms with E-state index in [0.717, 1.165) is 0 Å². The van der Waals surface area contributed by atoms with E-state index < -0.39 is 0 Å². The molecule has 0 aliphatic heterocycles. The van der Waals surface area contributed by atoms with E-state index >= 15 is 0 Å². The van der Waals surface area contributed by atoms with Gasteiger partial charge < -0.3 is 0 Å². The van der Waals surface area contributed by atoms with Crippen LogP contribution in [0.5, 0.6) is 0 Å². The highest BCUT2D eigenvalue weighted by molar-refractivity contribution is 6.48. The maximum Gasteiger partial charge on any atom is -0.000697 e. The zero-order valence-corrected chi connectivity index (χ0v) is 27.3. The van der Waals surface area contributed by atoms with Crippen molar-refractivity contribution in [1.29, 1.82) is 0 Å². The third kappa shape index (κ3) is 3.88. The fourth-order valence-electron chi connectivity index (χ4n) is 8.79. The zero-order valence-electron chi connectivity index (χ0n) is 27.3. The Labute approximate surface area is 290 Å². The number of fused-ring (bicyclic) bond motifs is 7. The molecule has 0 saturated heterocycles. The Morgan fingerprint density at radius 2 is 0.640 bits per heavy atom. The third-order valence-electron chi connectivity index (χ3n) is 10.9. The van der Waals surface area contributed by atoms with Crippen molar-refractivity contribution >= 4 is 64.6 Å². The second-order valence-electron chi connectivity index (χ2n) is 13.6. The molecule has 0 heterocycles. The normalized spacial score (nSPS) is 12.0. The summed E-state index contributed by atoms with van der Waals surface area (Å²) in [6.45, 7) is 0. The topological polar surface area (TPSA) is 0 Å². The van der Waals surface area contributed by atoms with E-state index in [1.807, 2.05) is 0 Å². The Morgan fingerprint density at radius 1 is 0.200 bits per heavy atom. The van der Waals surface area contributed by atoms with E-state index in [0.29, 0.717) is 0 Å². The summed E-state index contributed by atoms with van der Waals surface area (Å²) in [6, 6.07) is 67.4. The van der Waals surface area contributed by atoms with Crippen molar-refractivity contribution in [3.8, 4) is 44.5 Å². The Bertz CT molecular complexity index is 2980. The first-order chi connectivity index (χ1) is 24.8. The standard InChI is InChI=1S/C50H30/c1-4-14-31(15-5-1)35-26-36(32-16-6-2-7-17-32)28-37(27-35)38-29-43-39-22-10-11-23-40(39)48-47(43)44(30-38)46(34-18-8-3-9-19-34)49-41-24-12-20-33-21-13-25-42(45(33)41)50(48)49/h1-30H. The van der Waals surface area contributed by atoms with Crippen LogP contribution in [-0.2, 0) is 0 Å². The maximum absolute atomic E-state index is 2.48. The van der Waals surface area contributed by atoms with E-state index in [4.69, 9.17) is 0 Å². The first kappa shape index (κ1) is 27.5. The van der Waals surface area contributed by atoms with Crippen LogP contribution in [0.2, 0.25) is 0 Å². The lowest BCUT2D eigenvalue weighted by Gasteiger charge is -2.16. The second kappa shape index (κ2) is 10.5. The average molecular weight is 631 g/mol. The molecule has 50 heavy (non-hydrogen) atoms. The van der Waals surface area contributed by atoms with Crippen molar-refractivity contribution in [3.63, 3.8) is 0 Å². The van der Waals surface area contributed by atoms with Gasteiger partial charge in [0, 0.05) is 0 Å². The predicted octanol–water partition coefficient (Wildman–Crippen LogP) is 14.1. The van der Waals surface area contributed by atoms with Crippen LogP contribution >= 0.6 is 0 Å². The molecule has 0 spiro atoms. The second-order valence-corrected chi connectivity index (χ2v) is 13.6. The lowest BCUT2D eigenvalue weighted by molar-refractivity contribution is 1.58. The van der Waals surface area contributed by atoms with Gasteiger partial charge in [-0.05, 0) is 139 Å². The van der Waals surface area contributed by atoms with Crippen LogP contribution in [0.1, 0.15) is 0 Å². The van der Waals surface area contributed by atoms with Gasteiger partial charge in [0.2, 0.25) is 0 Å². The van der Waals surface area contributed by atoms with Crippen molar-refractivity contribution in [1.82, 2.24) is 0 Å². The van der Waals surface area contributed by atoms with Crippen molar-refractivity contribution in [2.24, 2.45) is 0 Å². The minimum atomic E-state index is 1.22. The van der Waals surface area contributed by atoms with E-state index in [1.165, 1.54) is 109 Å². The van der Waals surface area contributed by atoms with Gasteiger partial charge in [-0.2, -0.15) is 0 Å². The molecule has 0 bridgehead atoms. The fraction of sp³-hybridized carbons (Fsp3) is 0. The summed E-state index contributed by atoms with van der Waals surface area (Å²) in [5.41, 5.74) is 9.91. The molecule has 0 atom stereocenters. The maximum atomic E-state index is 2.48. The average Bonchev–Trinajstić information content (AvgIpc) is 3.70. The lowest BCUT2D eigenvalue weighted by Crippen LogP contribution is -1.89. The largest absolute Gasteiger partial charge is 0.0622 e. The molecule has 0 aromatic heterocycles. The number of hydrogen-bond donors (Lipinski definition) is 0. The van der Waals surface area contributed by atoms with E-state index in [1.54, 1.807) is 0 Å². The Kier molecular flexibility index (Phi) is 5.76. The van der Waals surface area contributed by atoms with Gasteiger partial charge in [0.25, 0.3) is 0 Å². The first-order valence-electron chi connectivity index (χ1n) is 17.4. The molecule has 0 unspecified atom stereocenters. The highest BCUT2D eigenvalue weighted by Crippen LogP contribution is 2.54. The summed E-state index contributed by atoms with van der Waals surface area (Å²) in [5, 5.41) is 16.1. The van der Waals surface area contributed by atoms with Gasteiger partial charge in [-0.25, -0.2) is 0 Å². The fourth-order valence-corrected chi connectivity index (χ4v) is 8.79. The molecule has 0 aliphatic rings. The smallest absolute Gasteiger partial charge is 0.000697 e. The van der Waals surface area contributed by atoms with Crippen LogP contribution in [0.3, 0.4) is 0 Å². The molecule has 0 N–H and O–H groups in total. The monoisotopic (exact) mass is 630 g/mol. The molecule has 0 heteroatoms. The molecule has 11 aromatic rings. The summed E-state index contributed by atoms with van der Waals surface area (Å²) < 4.78 is 0. The van der Waals surface area contributed by atoms with Gasteiger partial charge in [-0.1, -0.05) is 152 Å². The van der Waals surface area contributed by atoms with Gasteiger partial charge in [0.1, 0.15) is 0 Å². The summed E-state index contributed by atoms with van der Waals surface area (Å²) >= 11 is 0. The van der Waals surface area contributed by atoms with Gasteiger partial charge in [0.15, 0.2) is 0 Å². The van der Waals surface area contributed by atoms with Crippen molar-refractivity contribution in [3.05, 3.63) is 182 Å². The van der Waals surface area contributed by atoms with Crippen molar-refractivity contribution in [2.45, 2.75) is 0 Å². The highest BCUT2D eigenvalue weighted by atomic mass is 14.3. The summed E-state index contributed by atoms with van der Waals surface area (Å²) in [4.78, 5) is 0. The van der Waals surface area contributed by atoms with E-state index in [2.05, 4.69) is 182 Å². The van der Waals surface area contributed by atoms with E-state index in [-0.39, 0.29) is 0 Å². The summed E-state index contributed by atoms with van der Waals surface area (Å²) in [5.74, 6) is 0. The zero-order chi connectivity index (χ0) is 32.8. The van der Waals surface area contributed by atoms with Crippen LogP contribution in [0.15, 0.2) is 182 Å². The van der Waals surface area contributed by atoms with Gasteiger partial charge in [-0.15, -0.1) is 0 Å². The van der Waals surface area contributed by atoms with Crippen LogP contribution < -0.4 is 0 Å². The molecule has 230 valence electrons. The number of benzene rings is 9. The predicted molar refractivity (Wildman–Crippen MR) is 216 cm³/mol. The molecular formula is C50H30. The minimum Gasteiger partial charge on any atom is -0.0622 e. The van der Waals surface area contributed by atoms with Crippen LogP contribution in [-0.4, -0.2) is 0 Å². The SMILES string of the molecule is c1ccc(-c2cc(-c3ccccc3)cc(-c3cc4c(-c5ccccc5)c5c6cccc7cccc(c76)c5c5c6ccccc6c(c3)c45)c2)cc1. The molecule has 11 aromatic carbocycles. The molecule has 0 nitrogen and oxygen atoms in total. The molecule has 0 radical (unpaired) electrons. The first-order valence-corrected chi connectivity index (χ1v) is 17.4. The molecule has 0 saturated carbocycles.